The summed E-state index contributed by atoms with van der Waals surface area (Å²) in [4.78, 5) is 0. The second-order valence-corrected chi connectivity index (χ2v) is 5.47. The maximum Gasteiger partial charge on any atom is -0.00367 e. The van der Waals surface area contributed by atoms with Crippen LogP contribution in [0.5, 0.6) is 0 Å². The molecule has 1 saturated carbocycles. The Morgan fingerprint density at radius 2 is 2.00 bits per heavy atom. The third kappa shape index (κ3) is 3.32. The number of rotatable bonds is 4. The van der Waals surface area contributed by atoms with E-state index in [1.807, 2.05) is 0 Å². The van der Waals surface area contributed by atoms with Gasteiger partial charge in [0.2, 0.25) is 0 Å². The minimum atomic E-state index is 0.716. The van der Waals surface area contributed by atoms with Crippen LogP contribution in [0.2, 0.25) is 0 Å². The van der Waals surface area contributed by atoms with Crippen molar-refractivity contribution in [2.45, 2.75) is 51.4 Å². The molecule has 0 saturated heterocycles. The molecule has 1 unspecified atom stereocenters. The molecule has 2 rings (SSSR count). The van der Waals surface area contributed by atoms with E-state index >= 15 is 0 Å². The fourth-order valence-corrected chi connectivity index (χ4v) is 3.10. The number of benzene rings is 1. The molecule has 0 amide bonds. The molecule has 2 N–H and O–H groups in total. The lowest BCUT2D eigenvalue weighted by molar-refractivity contribution is 0.316. The van der Waals surface area contributed by atoms with Crippen LogP contribution in [0.3, 0.4) is 0 Å². The Labute approximate surface area is 105 Å². The molecule has 1 aliphatic carbocycles. The first-order valence-corrected chi connectivity index (χ1v) is 7.10. The van der Waals surface area contributed by atoms with Gasteiger partial charge in [0, 0.05) is 0 Å². The molecule has 1 fully saturated rings. The molecule has 1 nitrogen and oxygen atoms in total. The zero-order valence-corrected chi connectivity index (χ0v) is 11.0. The second kappa shape index (κ2) is 6.20. The van der Waals surface area contributed by atoms with Crippen molar-refractivity contribution < 1.29 is 0 Å². The van der Waals surface area contributed by atoms with Crippen LogP contribution >= 0.6 is 0 Å². The van der Waals surface area contributed by atoms with Gasteiger partial charge in [-0.15, -0.1) is 0 Å². The lowest BCUT2D eigenvalue weighted by atomic mass is 9.77. The van der Waals surface area contributed by atoms with Gasteiger partial charge in [-0.1, -0.05) is 50.5 Å². The minimum absolute atomic E-state index is 0.716. The molecule has 0 aromatic heterocycles. The van der Waals surface area contributed by atoms with Crippen molar-refractivity contribution >= 4 is 0 Å². The Morgan fingerprint density at radius 3 is 2.71 bits per heavy atom. The first-order valence-electron chi connectivity index (χ1n) is 7.10. The fraction of sp³-hybridized carbons (Fsp3) is 0.625. The maximum absolute atomic E-state index is 5.63. The summed E-state index contributed by atoms with van der Waals surface area (Å²) in [5, 5.41) is 0. The largest absolute Gasteiger partial charge is 0.330 e. The molecule has 0 spiro atoms. The summed E-state index contributed by atoms with van der Waals surface area (Å²) in [6.45, 7) is 3.15. The highest BCUT2D eigenvalue weighted by molar-refractivity contribution is 5.27. The van der Waals surface area contributed by atoms with E-state index in [-0.39, 0.29) is 0 Å². The first kappa shape index (κ1) is 12.6. The molecule has 1 atom stereocenters. The van der Waals surface area contributed by atoms with E-state index in [0.29, 0.717) is 5.92 Å². The zero-order chi connectivity index (χ0) is 12.1. The van der Waals surface area contributed by atoms with Crippen LogP contribution < -0.4 is 5.73 Å². The van der Waals surface area contributed by atoms with Crippen molar-refractivity contribution in [3.05, 3.63) is 35.4 Å². The smallest absolute Gasteiger partial charge is 0.00367 e. The molecule has 1 heteroatoms. The third-order valence-corrected chi connectivity index (χ3v) is 4.27. The zero-order valence-electron chi connectivity index (χ0n) is 11.0. The highest BCUT2D eigenvalue weighted by atomic mass is 14.5. The predicted octanol–water partition coefficient (Wildman–Crippen LogP) is 3.87. The van der Waals surface area contributed by atoms with E-state index in [1.54, 1.807) is 0 Å². The Kier molecular flexibility index (Phi) is 4.61. The van der Waals surface area contributed by atoms with Gasteiger partial charge in [0.1, 0.15) is 0 Å². The van der Waals surface area contributed by atoms with E-state index < -0.39 is 0 Å². The van der Waals surface area contributed by atoms with E-state index in [0.717, 1.165) is 18.9 Å². The lowest BCUT2D eigenvalue weighted by Crippen LogP contribution is -2.14. The van der Waals surface area contributed by atoms with Gasteiger partial charge in [-0.2, -0.15) is 0 Å². The average molecular weight is 231 g/mol. The number of hydrogen-bond acceptors (Lipinski definition) is 1. The van der Waals surface area contributed by atoms with Crippen LogP contribution in [-0.4, -0.2) is 6.54 Å². The summed E-state index contributed by atoms with van der Waals surface area (Å²) < 4.78 is 0. The highest BCUT2D eigenvalue weighted by Crippen LogP contribution is 2.35. The van der Waals surface area contributed by atoms with Crippen molar-refractivity contribution in [1.82, 2.24) is 0 Å². The lowest BCUT2D eigenvalue weighted by Gasteiger charge is -2.28. The molecule has 1 aliphatic rings. The molecular weight excluding hydrogens is 206 g/mol. The molecule has 0 heterocycles. The Balaban J connectivity index is 2.06. The van der Waals surface area contributed by atoms with Crippen molar-refractivity contribution in [3.63, 3.8) is 0 Å². The van der Waals surface area contributed by atoms with E-state index in [2.05, 4.69) is 31.2 Å². The van der Waals surface area contributed by atoms with Gasteiger partial charge in [0.15, 0.2) is 0 Å². The van der Waals surface area contributed by atoms with Gasteiger partial charge in [-0.3, -0.25) is 0 Å². The molecular formula is C16H25N. The van der Waals surface area contributed by atoms with Crippen LogP contribution in [0.15, 0.2) is 24.3 Å². The molecule has 17 heavy (non-hydrogen) atoms. The van der Waals surface area contributed by atoms with Crippen LogP contribution in [-0.2, 0) is 6.42 Å². The minimum Gasteiger partial charge on any atom is -0.330 e. The van der Waals surface area contributed by atoms with Gasteiger partial charge < -0.3 is 5.73 Å². The summed E-state index contributed by atoms with van der Waals surface area (Å²) in [6, 6.07) is 9.05. The Hall–Kier alpha value is -0.820. The number of nitrogens with two attached hydrogens (primary N) is 1. The van der Waals surface area contributed by atoms with Crippen LogP contribution in [0.1, 0.15) is 56.1 Å². The summed E-state index contributed by atoms with van der Waals surface area (Å²) >= 11 is 0. The van der Waals surface area contributed by atoms with Crippen LogP contribution in [0, 0.1) is 5.92 Å². The van der Waals surface area contributed by atoms with E-state index in [9.17, 15) is 0 Å². The molecule has 0 bridgehead atoms. The van der Waals surface area contributed by atoms with Crippen molar-refractivity contribution in [1.29, 1.82) is 0 Å². The van der Waals surface area contributed by atoms with Crippen LogP contribution in [0.25, 0.3) is 0 Å². The normalized spacial score (nSPS) is 19.2. The maximum atomic E-state index is 5.63. The van der Waals surface area contributed by atoms with Gasteiger partial charge in [-0.05, 0) is 48.8 Å². The average Bonchev–Trinajstić information content (AvgIpc) is 2.40. The first-order chi connectivity index (χ1) is 8.31. The predicted molar refractivity (Wildman–Crippen MR) is 74.2 cm³/mol. The molecule has 1 aromatic rings. The summed E-state index contributed by atoms with van der Waals surface area (Å²) in [5.41, 5.74) is 8.54. The van der Waals surface area contributed by atoms with Crippen molar-refractivity contribution in [2.24, 2.45) is 11.7 Å². The van der Waals surface area contributed by atoms with E-state index in [4.69, 9.17) is 5.73 Å². The van der Waals surface area contributed by atoms with Gasteiger partial charge >= 0.3 is 0 Å². The number of hydrogen-bond donors (Lipinski definition) is 1. The van der Waals surface area contributed by atoms with Gasteiger partial charge in [-0.25, -0.2) is 0 Å². The molecule has 1 aromatic carbocycles. The molecule has 0 radical (unpaired) electrons. The van der Waals surface area contributed by atoms with Crippen LogP contribution in [0.4, 0.5) is 0 Å². The Morgan fingerprint density at radius 1 is 1.24 bits per heavy atom. The quantitative estimate of drug-likeness (QED) is 0.836. The Bertz CT molecular complexity index is 339. The second-order valence-electron chi connectivity index (χ2n) is 5.47. The summed E-state index contributed by atoms with van der Waals surface area (Å²) in [7, 11) is 0. The van der Waals surface area contributed by atoms with Crippen molar-refractivity contribution in [3.8, 4) is 0 Å². The van der Waals surface area contributed by atoms with Crippen molar-refractivity contribution in [2.75, 3.05) is 6.54 Å². The molecule has 0 aliphatic heterocycles. The SMILES string of the molecule is CC(c1cccc(CCN)c1)C1CCCCC1. The summed E-state index contributed by atoms with van der Waals surface area (Å²) in [6.07, 6.45) is 8.14. The monoisotopic (exact) mass is 231 g/mol. The summed E-state index contributed by atoms with van der Waals surface area (Å²) in [5.74, 6) is 1.62. The highest BCUT2D eigenvalue weighted by Gasteiger charge is 2.21. The topological polar surface area (TPSA) is 26.0 Å². The van der Waals surface area contributed by atoms with Gasteiger partial charge in [0.25, 0.3) is 0 Å². The fourth-order valence-electron chi connectivity index (χ4n) is 3.10. The molecule has 94 valence electrons. The van der Waals surface area contributed by atoms with E-state index in [1.165, 1.54) is 43.2 Å². The van der Waals surface area contributed by atoms with Gasteiger partial charge in [0.05, 0.1) is 0 Å². The third-order valence-electron chi connectivity index (χ3n) is 4.27. The standard InChI is InChI=1S/C16H25N/c1-13(15-7-3-2-4-8-15)16-9-5-6-14(12-16)10-11-17/h5-6,9,12-13,15H,2-4,7-8,10-11,17H2,1H3.